The van der Waals surface area contributed by atoms with Gasteiger partial charge in [0.25, 0.3) is 0 Å². The second-order valence-corrected chi connectivity index (χ2v) is 4.95. The van der Waals surface area contributed by atoms with Gasteiger partial charge in [-0.2, -0.15) is 0 Å². The number of hydrogen-bond donors (Lipinski definition) is 0. The predicted molar refractivity (Wildman–Crippen MR) is 82.2 cm³/mol. The Labute approximate surface area is 128 Å². The highest BCUT2D eigenvalue weighted by atomic mass is 16.6. The third-order valence-corrected chi connectivity index (χ3v) is 3.43. The predicted octanol–water partition coefficient (Wildman–Crippen LogP) is 2.03. The molecule has 0 spiro atoms. The fraction of sp³-hybridized carbons (Fsp3) is 0.250. The topological polar surface area (TPSA) is 67.7 Å². The average molecular weight is 296 g/mol. The molecule has 3 rings (SSSR count). The van der Waals surface area contributed by atoms with Crippen molar-refractivity contribution in [3.05, 3.63) is 54.4 Å². The molecule has 1 atom stereocenters. The van der Waals surface area contributed by atoms with Crippen molar-refractivity contribution in [1.29, 1.82) is 0 Å². The van der Waals surface area contributed by atoms with Crippen molar-refractivity contribution in [3.63, 3.8) is 0 Å². The number of hydrogen-bond acceptors (Lipinski definition) is 5. The summed E-state index contributed by atoms with van der Waals surface area (Å²) in [5, 5.41) is 3.91. The van der Waals surface area contributed by atoms with Gasteiger partial charge in [-0.25, -0.2) is 9.97 Å². The summed E-state index contributed by atoms with van der Waals surface area (Å²) >= 11 is 0. The summed E-state index contributed by atoms with van der Waals surface area (Å²) in [4.78, 5) is 27.3. The molecule has 6 heteroatoms. The Kier molecular flexibility index (Phi) is 4.38. The van der Waals surface area contributed by atoms with Gasteiger partial charge in [0.15, 0.2) is 0 Å². The fourth-order valence-corrected chi connectivity index (χ4v) is 2.27. The van der Waals surface area contributed by atoms with Gasteiger partial charge in [-0.1, -0.05) is 35.5 Å². The summed E-state index contributed by atoms with van der Waals surface area (Å²) in [6.07, 6.45) is 5.50. The van der Waals surface area contributed by atoms with Gasteiger partial charge in [-0.3, -0.25) is 9.69 Å². The van der Waals surface area contributed by atoms with E-state index in [9.17, 15) is 4.79 Å². The lowest BCUT2D eigenvalue weighted by Gasteiger charge is -2.12. The molecule has 2 heterocycles. The average Bonchev–Trinajstić information content (AvgIpc) is 2.94. The van der Waals surface area contributed by atoms with Gasteiger partial charge in [-0.15, -0.1) is 0 Å². The first-order valence-electron chi connectivity index (χ1n) is 7.12. The molecule has 1 aromatic carbocycles. The highest BCUT2D eigenvalue weighted by Crippen LogP contribution is 2.20. The van der Waals surface area contributed by atoms with E-state index in [-0.39, 0.29) is 11.8 Å². The van der Waals surface area contributed by atoms with E-state index < -0.39 is 0 Å². The van der Waals surface area contributed by atoms with Crippen LogP contribution in [0.25, 0.3) is 0 Å². The van der Waals surface area contributed by atoms with Crippen LogP contribution in [0.3, 0.4) is 0 Å². The summed E-state index contributed by atoms with van der Waals surface area (Å²) in [5.41, 5.74) is 1.04. The van der Waals surface area contributed by atoms with Crippen LogP contribution in [0.2, 0.25) is 0 Å². The monoisotopic (exact) mass is 296 g/mol. The molecule has 0 aliphatic carbocycles. The summed E-state index contributed by atoms with van der Waals surface area (Å²) < 4.78 is 0. The van der Waals surface area contributed by atoms with Gasteiger partial charge in [0, 0.05) is 18.9 Å². The number of nitrogens with zero attached hydrogens (tertiary/aromatic N) is 4. The third-order valence-electron chi connectivity index (χ3n) is 3.43. The van der Waals surface area contributed by atoms with Crippen molar-refractivity contribution in [2.75, 3.05) is 11.4 Å². The summed E-state index contributed by atoms with van der Waals surface area (Å²) in [6.45, 7) is 0.988. The van der Waals surface area contributed by atoms with Crippen molar-refractivity contribution in [1.82, 2.24) is 9.97 Å². The first-order valence-corrected chi connectivity index (χ1v) is 7.12. The fourth-order valence-electron chi connectivity index (χ4n) is 2.27. The summed E-state index contributed by atoms with van der Waals surface area (Å²) in [5.74, 6) is 0.117. The van der Waals surface area contributed by atoms with E-state index in [1.807, 2.05) is 30.3 Å². The van der Waals surface area contributed by atoms with Crippen LogP contribution in [0.5, 0.6) is 0 Å². The maximum atomic E-state index is 12.3. The summed E-state index contributed by atoms with van der Waals surface area (Å²) in [6, 6.07) is 11.5. The van der Waals surface area contributed by atoms with Crippen LogP contribution in [-0.2, 0) is 16.2 Å². The SMILES string of the molecule is O=C1[C@H](/C=N\OCc2ccccc2)CCN1c1ncccn1. The first kappa shape index (κ1) is 14.2. The molecule has 1 amide bonds. The molecule has 1 saturated heterocycles. The van der Waals surface area contributed by atoms with E-state index in [0.29, 0.717) is 25.5 Å². The van der Waals surface area contributed by atoms with Gasteiger partial charge < -0.3 is 4.84 Å². The van der Waals surface area contributed by atoms with Crippen molar-refractivity contribution in [2.45, 2.75) is 13.0 Å². The van der Waals surface area contributed by atoms with E-state index in [1.54, 1.807) is 29.6 Å². The quantitative estimate of drug-likeness (QED) is 0.625. The maximum absolute atomic E-state index is 12.3. The smallest absolute Gasteiger partial charge is 0.238 e. The van der Waals surface area contributed by atoms with Crippen LogP contribution >= 0.6 is 0 Å². The maximum Gasteiger partial charge on any atom is 0.238 e. The molecule has 0 unspecified atom stereocenters. The first-order chi connectivity index (χ1) is 10.8. The Morgan fingerprint density at radius 3 is 2.77 bits per heavy atom. The zero-order valence-corrected chi connectivity index (χ0v) is 12.0. The number of oxime groups is 1. The van der Waals surface area contributed by atoms with Crippen molar-refractivity contribution >= 4 is 18.1 Å². The minimum absolute atomic E-state index is 0.0433. The summed E-state index contributed by atoms with van der Waals surface area (Å²) in [7, 11) is 0. The van der Waals surface area contributed by atoms with Crippen LogP contribution < -0.4 is 4.90 Å². The van der Waals surface area contributed by atoms with E-state index in [2.05, 4.69) is 15.1 Å². The molecule has 0 bridgehead atoms. The molecule has 0 radical (unpaired) electrons. The highest BCUT2D eigenvalue weighted by Gasteiger charge is 2.32. The van der Waals surface area contributed by atoms with E-state index in [0.717, 1.165) is 5.56 Å². The van der Waals surface area contributed by atoms with Gasteiger partial charge >= 0.3 is 0 Å². The van der Waals surface area contributed by atoms with Crippen molar-refractivity contribution in [3.8, 4) is 0 Å². The Morgan fingerprint density at radius 1 is 1.23 bits per heavy atom. The van der Waals surface area contributed by atoms with Gasteiger partial charge in [0.05, 0.1) is 12.1 Å². The molecule has 0 N–H and O–H groups in total. The Bertz CT molecular complexity index is 646. The minimum atomic E-state index is -0.278. The second-order valence-electron chi connectivity index (χ2n) is 4.95. The van der Waals surface area contributed by atoms with Gasteiger partial charge in [-0.05, 0) is 18.1 Å². The van der Waals surface area contributed by atoms with E-state index in [4.69, 9.17) is 4.84 Å². The van der Waals surface area contributed by atoms with Crippen LogP contribution in [0.4, 0.5) is 5.95 Å². The van der Waals surface area contributed by atoms with Crippen LogP contribution in [0, 0.1) is 5.92 Å². The number of aromatic nitrogens is 2. The standard InChI is InChI=1S/C16H16N4O2/c21-15-14(7-10-20(15)16-17-8-4-9-18-16)11-19-22-12-13-5-2-1-3-6-13/h1-6,8-9,11,14H,7,10,12H2/b19-11-/t14-/m0/s1. The van der Waals surface area contributed by atoms with Crippen LogP contribution in [-0.4, -0.2) is 28.6 Å². The number of benzene rings is 1. The zero-order valence-electron chi connectivity index (χ0n) is 12.0. The Morgan fingerprint density at radius 2 is 2.00 bits per heavy atom. The van der Waals surface area contributed by atoms with E-state index in [1.165, 1.54) is 0 Å². The molecule has 1 fully saturated rings. The number of carbonyl (C=O) groups excluding carboxylic acids is 1. The molecule has 0 saturated carbocycles. The van der Waals surface area contributed by atoms with Gasteiger partial charge in [0.1, 0.15) is 6.61 Å². The lowest BCUT2D eigenvalue weighted by atomic mass is 10.1. The van der Waals surface area contributed by atoms with Gasteiger partial charge in [0.2, 0.25) is 11.9 Å². The molecule has 112 valence electrons. The second kappa shape index (κ2) is 6.80. The Balaban J connectivity index is 1.53. The van der Waals surface area contributed by atoms with Crippen molar-refractivity contribution < 1.29 is 9.63 Å². The van der Waals surface area contributed by atoms with Crippen LogP contribution in [0.15, 0.2) is 53.9 Å². The number of rotatable bonds is 5. The number of anilines is 1. The largest absolute Gasteiger partial charge is 0.391 e. The van der Waals surface area contributed by atoms with Crippen molar-refractivity contribution in [2.24, 2.45) is 11.1 Å². The molecule has 6 nitrogen and oxygen atoms in total. The molecular weight excluding hydrogens is 280 g/mol. The minimum Gasteiger partial charge on any atom is -0.391 e. The molecular formula is C16H16N4O2. The Hall–Kier alpha value is -2.76. The molecule has 22 heavy (non-hydrogen) atoms. The lowest BCUT2D eigenvalue weighted by molar-refractivity contribution is -0.118. The molecule has 1 aliphatic heterocycles. The van der Waals surface area contributed by atoms with Crippen LogP contribution in [0.1, 0.15) is 12.0 Å². The molecule has 2 aromatic rings. The van der Waals surface area contributed by atoms with E-state index >= 15 is 0 Å². The molecule has 1 aromatic heterocycles. The normalized spacial score (nSPS) is 18.1. The number of amides is 1. The highest BCUT2D eigenvalue weighted by molar-refractivity contribution is 6.04. The molecule has 1 aliphatic rings. The lowest BCUT2D eigenvalue weighted by Crippen LogP contribution is -2.29. The number of carbonyl (C=O) groups is 1. The third kappa shape index (κ3) is 3.28. The zero-order chi connectivity index (χ0) is 15.2.